The Morgan fingerprint density at radius 2 is 1.74 bits per heavy atom. The molecule has 0 radical (unpaired) electrons. The van der Waals surface area contributed by atoms with Crippen molar-refractivity contribution in [2.24, 2.45) is 0 Å². The second kappa shape index (κ2) is 9.25. The molecule has 0 atom stereocenters. The van der Waals surface area contributed by atoms with Crippen molar-refractivity contribution in [3.63, 3.8) is 0 Å². The minimum atomic E-state index is -4.11. The lowest BCUT2D eigenvalue weighted by atomic mass is 10.2. The molecule has 180 valence electrons. The number of fused-ring (bicyclic) bond motifs is 1. The highest BCUT2D eigenvalue weighted by Gasteiger charge is 2.22. The highest BCUT2D eigenvalue weighted by atomic mass is 35.5. The fraction of sp³-hybridized carbons (Fsp3) is 0.136. The summed E-state index contributed by atoms with van der Waals surface area (Å²) < 4.78 is 28.8. The monoisotopic (exact) mass is 533 g/mol. The van der Waals surface area contributed by atoms with Gasteiger partial charge in [-0.25, -0.2) is 23.1 Å². The number of amides is 1. The molecule has 35 heavy (non-hydrogen) atoms. The SMILES string of the molecule is Cc1ccc(S(=O)(=O)NC(=O)c2ccc3nc(C)n(Cc4cc([N+](=O)[O-])c(Cl)cc4Cl)c3n2)cc1. The molecule has 4 rings (SSSR count). The van der Waals surface area contributed by atoms with E-state index in [0.717, 1.165) is 5.56 Å². The first kappa shape index (κ1) is 24.6. The largest absolute Gasteiger partial charge is 0.308 e. The zero-order chi connectivity index (χ0) is 25.5. The molecule has 0 saturated carbocycles. The van der Waals surface area contributed by atoms with Gasteiger partial charge in [0.25, 0.3) is 21.6 Å². The van der Waals surface area contributed by atoms with E-state index in [0.29, 0.717) is 16.9 Å². The molecule has 0 spiro atoms. The van der Waals surface area contributed by atoms with E-state index >= 15 is 0 Å². The van der Waals surface area contributed by atoms with Crippen molar-refractivity contribution in [2.75, 3.05) is 0 Å². The van der Waals surface area contributed by atoms with E-state index in [9.17, 15) is 23.3 Å². The van der Waals surface area contributed by atoms with Gasteiger partial charge in [0.2, 0.25) is 0 Å². The van der Waals surface area contributed by atoms with Crippen molar-refractivity contribution in [2.45, 2.75) is 25.3 Å². The third-order valence-corrected chi connectivity index (χ3v) is 7.22. The first-order chi connectivity index (χ1) is 16.5. The lowest BCUT2D eigenvalue weighted by molar-refractivity contribution is -0.384. The zero-order valence-electron chi connectivity index (χ0n) is 18.3. The molecular formula is C22H17Cl2N5O5S. The Hall–Kier alpha value is -3.54. The van der Waals surface area contributed by atoms with Crippen molar-refractivity contribution in [3.05, 3.63) is 91.3 Å². The molecule has 13 heteroatoms. The highest BCUT2D eigenvalue weighted by Crippen LogP contribution is 2.32. The fourth-order valence-corrected chi connectivity index (χ4v) is 4.87. The number of halogens is 2. The van der Waals surface area contributed by atoms with E-state index < -0.39 is 20.9 Å². The average molecular weight is 534 g/mol. The maximum Gasteiger partial charge on any atom is 0.288 e. The third-order valence-electron chi connectivity index (χ3n) is 5.22. The number of carbonyl (C=O) groups excluding carboxylic acids is 1. The molecule has 0 bridgehead atoms. The molecule has 2 aromatic heterocycles. The predicted molar refractivity (Wildman–Crippen MR) is 130 cm³/mol. The van der Waals surface area contributed by atoms with Crippen LogP contribution in [0.1, 0.15) is 27.4 Å². The second-order valence-electron chi connectivity index (χ2n) is 7.68. The minimum Gasteiger partial charge on any atom is -0.308 e. The average Bonchev–Trinajstić information content (AvgIpc) is 3.09. The maximum atomic E-state index is 12.7. The highest BCUT2D eigenvalue weighted by molar-refractivity contribution is 7.90. The molecule has 0 aliphatic carbocycles. The molecule has 1 N–H and O–H groups in total. The third kappa shape index (κ3) is 4.97. The molecule has 10 nitrogen and oxygen atoms in total. The van der Waals surface area contributed by atoms with Crippen LogP contribution in [0.15, 0.2) is 53.4 Å². The van der Waals surface area contributed by atoms with Gasteiger partial charge in [-0.05, 0) is 49.7 Å². The molecule has 0 aliphatic rings. The van der Waals surface area contributed by atoms with E-state index in [4.69, 9.17) is 23.2 Å². The van der Waals surface area contributed by atoms with Crippen LogP contribution in [0.5, 0.6) is 0 Å². The number of nitrogens with one attached hydrogen (secondary N) is 1. The number of nitro groups is 1. The van der Waals surface area contributed by atoms with Gasteiger partial charge in [-0.15, -0.1) is 0 Å². The summed E-state index contributed by atoms with van der Waals surface area (Å²) in [5.41, 5.74) is 1.53. The normalized spacial score (nSPS) is 11.5. The van der Waals surface area contributed by atoms with Crippen molar-refractivity contribution >= 4 is 56.0 Å². The summed E-state index contributed by atoms with van der Waals surface area (Å²) >= 11 is 12.2. The van der Waals surface area contributed by atoms with E-state index in [2.05, 4.69) is 9.97 Å². The second-order valence-corrected chi connectivity index (χ2v) is 10.2. The fourth-order valence-electron chi connectivity index (χ4n) is 3.39. The number of hydrogen-bond donors (Lipinski definition) is 1. The number of rotatable bonds is 6. The molecule has 4 aromatic rings. The van der Waals surface area contributed by atoms with Gasteiger partial charge in [-0.1, -0.05) is 40.9 Å². The molecule has 0 fully saturated rings. The number of pyridine rings is 1. The summed E-state index contributed by atoms with van der Waals surface area (Å²) in [6, 6.07) is 11.5. The van der Waals surface area contributed by atoms with Crippen LogP contribution in [0.4, 0.5) is 5.69 Å². The van der Waals surface area contributed by atoms with Crippen molar-refractivity contribution < 1.29 is 18.1 Å². The molecule has 0 saturated heterocycles. The number of sulfonamides is 1. The van der Waals surface area contributed by atoms with Crippen molar-refractivity contribution in [3.8, 4) is 0 Å². The first-order valence-electron chi connectivity index (χ1n) is 10.1. The molecule has 0 unspecified atom stereocenters. The predicted octanol–water partition coefficient (Wildman–Crippen LogP) is 4.43. The van der Waals surface area contributed by atoms with Gasteiger partial charge in [-0.2, -0.15) is 0 Å². The Bertz CT molecular complexity index is 1600. The van der Waals surface area contributed by atoms with Gasteiger partial charge >= 0.3 is 0 Å². The van der Waals surface area contributed by atoms with E-state index in [-0.39, 0.29) is 38.5 Å². The van der Waals surface area contributed by atoms with Crippen LogP contribution in [0.3, 0.4) is 0 Å². The minimum absolute atomic E-state index is 0.0545. The number of imidazole rings is 1. The van der Waals surface area contributed by atoms with Gasteiger partial charge in [0.1, 0.15) is 22.1 Å². The molecular weight excluding hydrogens is 517 g/mol. The summed E-state index contributed by atoms with van der Waals surface area (Å²) in [6.07, 6.45) is 0. The Labute approximate surface area is 209 Å². The van der Waals surface area contributed by atoms with E-state index in [1.54, 1.807) is 23.6 Å². The number of nitrogens with zero attached hydrogens (tertiary/aromatic N) is 4. The summed E-state index contributed by atoms with van der Waals surface area (Å²) in [7, 11) is -4.11. The van der Waals surface area contributed by atoms with Crippen LogP contribution in [0.2, 0.25) is 10.0 Å². The number of nitro benzene ring substituents is 1. The van der Waals surface area contributed by atoms with Crippen LogP contribution in [-0.4, -0.2) is 33.8 Å². The number of aromatic nitrogens is 3. The Morgan fingerprint density at radius 1 is 1.06 bits per heavy atom. The number of benzene rings is 2. The topological polar surface area (TPSA) is 137 Å². The number of aryl methyl sites for hydroxylation is 2. The van der Waals surface area contributed by atoms with Crippen LogP contribution in [0.25, 0.3) is 11.2 Å². The number of carbonyl (C=O) groups is 1. The standard InChI is InChI=1S/C22H17Cl2N5O5S/c1-12-3-5-15(6-4-12)35(33,34)27-22(30)19-8-7-18-21(26-19)28(13(2)25-18)11-14-9-20(29(31)32)17(24)10-16(14)23/h3-10H,11H2,1-2H3,(H,27,30). The van der Waals surface area contributed by atoms with Crippen molar-refractivity contribution in [1.82, 2.24) is 19.3 Å². The van der Waals surface area contributed by atoms with Gasteiger partial charge in [0, 0.05) is 11.1 Å². The summed E-state index contributed by atoms with van der Waals surface area (Å²) in [5, 5.41) is 11.4. The van der Waals surface area contributed by atoms with Crippen LogP contribution >= 0.6 is 23.2 Å². The molecule has 2 heterocycles. The molecule has 0 aliphatic heterocycles. The van der Waals surface area contributed by atoms with E-state index in [1.165, 1.54) is 36.4 Å². The first-order valence-corrected chi connectivity index (χ1v) is 12.3. The van der Waals surface area contributed by atoms with Gasteiger partial charge in [-0.3, -0.25) is 14.9 Å². The zero-order valence-corrected chi connectivity index (χ0v) is 20.6. The van der Waals surface area contributed by atoms with Gasteiger partial charge < -0.3 is 4.57 Å². The maximum absolute atomic E-state index is 12.7. The molecule has 2 aromatic carbocycles. The van der Waals surface area contributed by atoms with Gasteiger partial charge in [0.15, 0.2) is 5.65 Å². The van der Waals surface area contributed by atoms with Crippen LogP contribution in [0, 0.1) is 24.0 Å². The smallest absolute Gasteiger partial charge is 0.288 e. The lowest BCUT2D eigenvalue weighted by Gasteiger charge is -2.10. The lowest BCUT2D eigenvalue weighted by Crippen LogP contribution is -2.31. The number of hydrogen-bond acceptors (Lipinski definition) is 7. The summed E-state index contributed by atoms with van der Waals surface area (Å²) in [4.78, 5) is 32.0. The van der Waals surface area contributed by atoms with Crippen LogP contribution < -0.4 is 4.72 Å². The van der Waals surface area contributed by atoms with Crippen molar-refractivity contribution in [1.29, 1.82) is 0 Å². The van der Waals surface area contributed by atoms with E-state index in [1.807, 2.05) is 11.6 Å². The summed E-state index contributed by atoms with van der Waals surface area (Å²) in [6.45, 7) is 3.56. The van der Waals surface area contributed by atoms with Gasteiger partial charge in [0.05, 0.1) is 16.4 Å². The Morgan fingerprint density at radius 3 is 2.40 bits per heavy atom. The Kier molecular flexibility index (Phi) is 6.50. The quantitative estimate of drug-likeness (QED) is 0.285. The van der Waals surface area contributed by atoms with Crippen LogP contribution in [-0.2, 0) is 16.6 Å². The Balaban J connectivity index is 1.69. The summed E-state index contributed by atoms with van der Waals surface area (Å²) in [5.74, 6) is -0.413. The molecule has 1 amide bonds.